The van der Waals surface area contributed by atoms with Crippen LogP contribution < -0.4 is 0 Å². The zero-order valence-corrected chi connectivity index (χ0v) is 33.5. The molecule has 0 aromatic heterocycles. The molecule has 3 saturated carbocycles. The van der Waals surface area contributed by atoms with E-state index in [-0.39, 0.29) is 0 Å². The van der Waals surface area contributed by atoms with Crippen molar-refractivity contribution in [3.8, 4) is 0 Å². The van der Waals surface area contributed by atoms with Crippen molar-refractivity contribution >= 4 is 0 Å². The average Bonchev–Trinajstić information content (AvgIpc) is 2.97. The second-order valence-corrected chi connectivity index (χ2v) is 17.2. The van der Waals surface area contributed by atoms with E-state index in [2.05, 4.69) is 84.2 Å². The Morgan fingerprint density at radius 1 is 0.522 bits per heavy atom. The Hall–Kier alpha value is -0.160. The van der Waals surface area contributed by atoms with E-state index >= 15 is 0 Å². The van der Waals surface area contributed by atoms with Gasteiger partial charge in [-0.25, -0.2) is 0 Å². The van der Waals surface area contributed by atoms with Gasteiger partial charge in [0, 0.05) is 18.7 Å². The molecule has 0 amide bonds. The van der Waals surface area contributed by atoms with E-state index in [0.29, 0.717) is 6.10 Å². The maximum absolute atomic E-state index is 5.59. The van der Waals surface area contributed by atoms with Crippen LogP contribution in [0.1, 0.15) is 177 Å². The summed E-state index contributed by atoms with van der Waals surface area (Å²) in [4.78, 5) is 7.74. The predicted molar refractivity (Wildman–Crippen MR) is 206 cm³/mol. The number of piperidine rings is 1. The number of likely N-dealkylation sites (tertiary alicyclic amines) is 1. The van der Waals surface area contributed by atoms with Crippen LogP contribution in [0.15, 0.2) is 0 Å². The summed E-state index contributed by atoms with van der Waals surface area (Å²) in [5.41, 5.74) is 0. The Morgan fingerprint density at radius 2 is 0.957 bits per heavy atom. The standard InChI is InChI=1S/C12H25N.C11H23N.C10H21N.C9H18O/c1-11(2)9-10-13(3)12-7-5-4-6-8-12;1-11(2)7-6-10-12-8-4-3-5-9-12;1-9(2)7-8-11(3)10-5-4-6-10;1-8(2)6-7-10-9-4-3-5-9/h11-12H,4-10H2,1-3H3;11H,3-10H2,1-2H3;9-10H,4-8H2,1-3H3;8-9H,3-7H2,1-2H3. The Labute approximate surface area is 291 Å². The van der Waals surface area contributed by atoms with Crippen LogP contribution in [-0.4, -0.2) is 86.3 Å². The van der Waals surface area contributed by atoms with E-state index in [9.17, 15) is 0 Å². The molecule has 0 bridgehead atoms. The highest BCUT2D eigenvalue weighted by molar-refractivity contribution is 4.78. The summed E-state index contributed by atoms with van der Waals surface area (Å²) in [6.07, 6.45) is 27.3. The maximum atomic E-state index is 5.59. The first-order valence-electron chi connectivity index (χ1n) is 20.7. The molecule has 3 aliphatic carbocycles. The zero-order chi connectivity index (χ0) is 34.2. The van der Waals surface area contributed by atoms with Crippen molar-refractivity contribution in [2.75, 3.05) is 53.4 Å². The van der Waals surface area contributed by atoms with Gasteiger partial charge >= 0.3 is 0 Å². The smallest absolute Gasteiger partial charge is 0.0575 e. The van der Waals surface area contributed by atoms with Crippen LogP contribution in [0, 0.1) is 23.7 Å². The van der Waals surface area contributed by atoms with Crippen LogP contribution in [0.4, 0.5) is 0 Å². The molecular formula is C42H87N3O. The van der Waals surface area contributed by atoms with E-state index < -0.39 is 0 Å². The van der Waals surface area contributed by atoms with Crippen LogP contribution in [-0.2, 0) is 4.74 Å². The highest BCUT2D eigenvalue weighted by Gasteiger charge is 2.21. The lowest BCUT2D eigenvalue weighted by atomic mass is 9.91. The van der Waals surface area contributed by atoms with Crippen LogP contribution in [0.25, 0.3) is 0 Å². The average molecular weight is 650 g/mol. The van der Waals surface area contributed by atoms with Crippen LogP contribution in [0.5, 0.6) is 0 Å². The molecule has 0 unspecified atom stereocenters. The minimum absolute atomic E-state index is 0.624. The van der Waals surface area contributed by atoms with Gasteiger partial charge in [-0.1, -0.05) is 87.5 Å². The number of hydrogen-bond donors (Lipinski definition) is 0. The van der Waals surface area contributed by atoms with E-state index in [4.69, 9.17) is 4.74 Å². The minimum Gasteiger partial charge on any atom is -0.378 e. The normalized spacial score (nSPS) is 19.8. The van der Waals surface area contributed by atoms with Crippen LogP contribution >= 0.6 is 0 Å². The van der Waals surface area contributed by atoms with Gasteiger partial charge in [-0.15, -0.1) is 0 Å². The molecule has 4 aliphatic rings. The Balaban J connectivity index is 0.000000308. The third-order valence-electron chi connectivity index (χ3n) is 10.8. The molecule has 0 aromatic rings. The minimum atomic E-state index is 0.624. The van der Waals surface area contributed by atoms with Crippen molar-refractivity contribution in [2.45, 2.75) is 196 Å². The topological polar surface area (TPSA) is 19.0 Å². The van der Waals surface area contributed by atoms with Gasteiger partial charge < -0.3 is 19.4 Å². The number of hydrogen-bond acceptors (Lipinski definition) is 4. The summed E-state index contributed by atoms with van der Waals surface area (Å²) >= 11 is 0. The summed E-state index contributed by atoms with van der Waals surface area (Å²) < 4.78 is 5.59. The zero-order valence-electron chi connectivity index (χ0n) is 33.5. The first-order chi connectivity index (χ1) is 22.0. The Kier molecular flexibility index (Phi) is 26.4. The predicted octanol–water partition coefficient (Wildman–Crippen LogP) is 11.3. The summed E-state index contributed by atoms with van der Waals surface area (Å²) in [5, 5.41) is 0. The molecule has 1 saturated heterocycles. The van der Waals surface area contributed by atoms with Crippen molar-refractivity contribution in [3.05, 3.63) is 0 Å². The Bertz CT molecular complexity index is 645. The SMILES string of the molecule is CC(C)CCCN1CCCCC1.CC(C)CCN(C)C1CCC1.CC(C)CCN(C)C1CCCCC1.CC(C)CCOC1CCC1. The van der Waals surface area contributed by atoms with E-state index in [1.807, 2.05) is 0 Å². The quantitative estimate of drug-likeness (QED) is 0.166. The van der Waals surface area contributed by atoms with Gasteiger partial charge in [-0.2, -0.15) is 0 Å². The van der Waals surface area contributed by atoms with Gasteiger partial charge in [0.05, 0.1) is 6.10 Å². The van der Waals surface area contributed by atoms with Crippen molar-refractivity contribution in [1.29, 1.82) is 0 Å². The first-order valence-corrected chi connectivity index (χ1v) is 20.7. The van der Waals surface area contributed by atoms with Gasteiger partial charge in [0.15, 0.2) is 0 Å². The molecule has 0 spiro atoms. The van der Waals surface area contributed by atoms with Crippen molar-refractivity contribution < 1.29 is 4.74 Å². The second kappa shape index (κ2) is 27.6. The van der Waals surface area contributed by atoms with Crippen molar-refractivity contribution in [3.63, 3.8) is 0 Å². The molecule has 1 aliphatic heterocycles. The molecule has 4 heteroatoms. The number of ether oxygens (including phenoxy) is 1. The highest BCUT2D eigenvalue weighted by atomic mass is 16.5. The molecule has 0 aromatic carbocycles. The van der Waals surface area contributed by atoms with Gasteiger partial charge in [0.1, 0.15) is 0 Å². The fourth-order valence-electron chi connectivity index (χ4n) is 6.55. The van der Waals surface area contributed by atoms with Gasteiger partial charge in [-0.3, -0.25) is 0 Å². The maximum Gasteiger partial charge on any atom is 0.0575 e. The van der Waals surface area contributed by atoms with Gasteiger partial charge in [0.2, 0.25) is 0 Å². The van der Waals surface area contributed by atoms with E-state index in [1.165, 1.54) is 155 Å². The summed E-state index contributed by atoms with van der Waals surface area (Å²) in [5.74, 6) is 3.39. The molecule has 276 valence electrons. The van der Waals surface area contributed by atoms with Crippen molar-refractivity contribution in [2.24, 2.45) is 23.7 Å². The first kappa shape index (κ1) is 43.9. The molecule has 4 rings (SSSR count). The number of nitrogens with zero attached hydrogens (tertiary/aromatic N) is 3. The summed E-state index contributed by atoms with van der Waals surface area (Å²) in [6, 6.07) is 1.82. The Morgan fingerprint density at radius 3 is 1.35 bits per heavy atom. The number of rotatable bonds is 16. The fourth-order valence-corrected chi connectivity index (χ4v) is 6.55. The lowest BCUT2D eigenvalue weighted by molar-refractivity contribution is -0.00222. The summed E-state index contributed by atoms with van der Waals surface area (Å²) in [6.45, 7) is 26.0. The second-order valence-electron chi connectivity index (χ2n) is 17.2. The molecule has 0 N–H and O–H groups in total. The van der Waals surface area contributed by atoms with Gasteiger partial charge in [-0.05, 0) is 160 Å². The largest absolute Gasteiger partial charge is 0.378 e. The molecule has 0 radical (unpaired) electrons. The van der Waals surface area contributed by atoms with Crippen molar-refractivity contribution in [1.82, 2.24) is 14.7 Å². The van der Waals surface area contributed by atoms with E-state index in [0.717, 1.165) is 42.4 Å². The summed E-state index contributed by atoms with van der Waals surface area (Å²) in [7, 11) is 4.57. The molecule has 0 atom stereocenters. The third kappa shape index (κ3) is 24.0. The monoisotopic (exact) mass is 650 g/mol. The van der Waals surface area contributed by atoms with E-state index in [1.54, 1.807) is 0 Å². The third-order valence-corrected chi connectivity index (χ3v) is 10.8. The van der Waals surface area contributed by atoms with Gasteiger partial charge in [0.25, 0.3) is 0 Å². The molecule has 46 heavy (non-hydrogen) atoms. The lowest BCUT2D eigenvalue weighted by Gasteiger charge is -2.35. The molecule has 4 fully saturated rings. The highest BCUT2D eigenvalue weighted by Crippen LogP contribution is 2.24. The molecule has 1 heterocycles. The lowest BCUT2D eigenvalue weighted by Crippen LogP contribution is -2.37. The fraction of sp³-hybridized carbons (Fsp3) is 1.00. The van der Waals surface area contributed by atoms with Crippen LogP contribution in [0.2, 0.25) is 0 Å². The van der Waals surface area contributed by atoms with Crippen LogP contribution in [0.3, 0.4) is 0 Å². The molecule has 4 nitrogen and oxygen atoms in total. The molecular weight excluding hydrogens is 562 g/mol.